The Morgan fingerprint density at radius 2 is 1.85 bits per heavy atom. The molecule has 0 aromatic rings. The fourth-order valence-corrected chi connectivity index (χ4v) is 3.01. The first-order valence-electron chi connectivity index (χ1n) is 8.80. The fourth-order valence-electron chi connectivity index (χ4n) is 3.01. The summed E-state index contributed by atoms with van der Waals surface area (Å²) in [6.45, 7) is 12.3. The Kier molecular flexibility index (Phi) is 7.53. The summed E-state index contributed by atoms with van der Waals surface area (Å²) in [7, 11) is 0. The van der Waals surface area contributed by atoms with Gasteiger partial charge in [-0.3, -0.25) is 0 Å². The highest BCUT2D eigenvalue weighted by atomic mass is 16.5. The van der Waals surface area contributed by atoms with Crippen molar-refractivity contribution >= 4 is 0 Å². The zero-order valence-electron chi connectivity index (χ0n) is 14.6. The van der Waals surface area contributed by atoms with Crippen LogP contribution in [0.15, 0.2) is 0 Å². The van der Waals surface area contributed by atoms with E-state index in [1.54, 1.807) is 0 Å². The van der Waals surface area contributed by atoms with E-state index in [1.807, 2.05) is 0 Å². The number of unbranched alkanes of at least 4 members (excludes halogenated alkanes) is 3. The first kappa shape index (κ1) is 18.0. The van der Waals surface area contributed by atoms with Gasteiger partial charge in [-0.2, -0.15) is 0 Å². The van der Waals surface area contributed by atoms with Crippen molar-refractivity contribution in [2.24, 2.45) is 0 Å². The lowest BCUT2D eigenvalue weighted by Crippen LogP contribution is -2.47. The van der Waals surface area contributed by atoms with Crippen molar-refractivity contribution in [1.29, 1.82) is 0 Å². The minimum Gasteiger partial charge on any atom is -0.372 e. The van der Waals surface area contributed by atoms with Gasteiger partial charge in [0.2, 0.25) is 0 Å². The maximum absolute atomic E-state index is 6.43. The lowest BCUT2D eigenvalue weighted by molar-refractivity contribution is -0.140. The van der Waals surface area contributed by atoms with Gasteiger partial charge in [-0.25, -0.2) is 0 Å². The molecule has 1 saturated carbocycles. The van der Waals surface area contributed by atoms with Crippen LogP contribution in [0.4, 0.5) is 0 Å². The van der Waals surface area contributed by atoms with Gasteiger partial charge in [0.15, 0.2) is 0 Å². The van der Waals surface area contributed by atoms with E-state index >= 15 is 0 Å². The van der Waals surface area contributed by atoms with Gasteiger partial charge in [0, 0.05) is 5.54 Å². The molecule has 2 heteroatoms. The van der Waals surface area contributed by atoms with E-state index in [0.29, 0.717) is 6.10 Å². The van der Waals surface area contributed by atoms with Gasteiger partial charge in [0.1, 0.15) is 0 Å². The van der Waals surface area contributed by atoms with Gasteiger partial charge in [-0.15, -0.1) is 0 Å². The van der Waals surface area contributed by atoms with Crippen LogP contribution in [0.5, 0.6) is 0 Å². The van der Waals surface area contributed by atoms with E-state index in [4.69, 9.17) is 4.74 Å². The second-order valence-electron chi connectivity index (χ2n) is 7.74. The Bertz CT molecular complexity index is 253. The topological polar surface area (TPSA) is 21.3 Å². The van der Waals surface area contributed by atoms with Crippen molar-refractivity contribution in [2.45, 2.75) is 110 Å². The molecule has 120 valence electrons. The number of hydrogen-bond acceptors (Lipinski definition) is 2. The number of nitrogens with one attached hydrogen (secondary N) is 1. The van der Waals surface area contributed by atoms with Gasteiger partial charge in [0.25, 0.3) is 0 Å². The lowest BCUT2D eigenvalue weighted by atomic mass is 9.77. The highest BCUT2D eigenvalue weighted by molar-refractivity contribution is 4.91. The van der Waals surface area contributed by atoms with Crippen LogP contribution in [0.25, 0.3) is 0 Å². The third kappa shape index (κ3) is 7.08. The highest BCUT2D eigenvalue weighted by Gasteiger charge is 2.38. The molecule has 0 radical (unpaired) electrons. The van der Waals surface area contributed by atoms with Crippen molar-refractivity contribution in [2.75, 3.05) is 6.54 Å². The molecular formula is C18H37NO. The van der Waals surface area contributed by atoms with Crippen molar-refractivity contribution in [3.63, 3.8) is 0 Å². The number of hydrogen-bond donors (Lipinski definition) is 1. The third-order valence-electron chi connectivity index (χ3n) is 4.42. The second kappa shape index (κ2) is 8.38. The molecule has 1 N–H and O–H groups in total. The van der Waals surface area contributed by atoms with Gasteiger partial charge >= 0.3 is 0 Å². The fraction of sp³-hybridized carbons (Fsp3) is 1.00. The van der Waals surface area contributed by atoms with E-state index in [0.717, 1.165) is 6.54 Å². The minimum atomic E-state index is 0.197. The number of ether oxygens (including phenoxy) is 1. The smallest absolute Gasteiger partial charge is 0.0698 e. The van der Waals surface area contributed by atoms with Crippen LogP contribution < -0.4 is 5.32 Å². The van der Waals surface area contributed by atoms with Crippen molar-refractivity contribution in [1.82, 2.24) is 5.32 Å². The van der Waals surface area contributed by atoms with Crippen LogP contribution in [0, 0.1) is 0 Å². The molecule has 0 aromatic carbocycles. The standard InChI is InChI=1S/C18H37NO/c1-6-7-8-9-11-16(2)20-18(12-10-13-18)14-15-19-17(3,4)5/h16,19H,6-15H2,1-5H3. The molecule has 0 amide bonds. The molecule has 0 heterocycles. The first-order chi connectivity index (χ1) is 9.37. The molecule has 1 fully saturated rings. The van der Waals surface area contributed by atoms with E-state index in [-0.39, 0.29) is 11.1 Å². The highest BCUT2D eigenvalue weighted by Crippen LogP contribution is 2.40. The Hall–Kier alpha value is -0.0800. The largest absolute Gasteiger partial charge is 0.372 e. The summed E-state index contributed by atoms with van der Waals surface area (Å²) in [4.78, 5) is 0. The Morgan fingerprint density at radius 3 is 2.35 bits per heavy atom. The van der Waals surface area contributed by atoms with Crippen LogP contribution in [0.3, 0.4) is 0 Å². The first-order valence-corrected chi connectivity index (χ1v) is 8.80. The summed E-state index contributed by atoms with van der Waals surface area (Å²) >= 11 is 0. The summed E-state index contributed by atoms with van der Waals surface area (Å²) in [6.07, 6.45) is 12.1. The van der Waals surface area contributed by atoms with Gasteiger partial charge in [0.05, 0.1) is 11.7 Å². The number of rotatable bonds is 10. The third-order valence-corrected chi connectivity index (χ3v) is 4.42. The Balaban J connectivity index is 2.23. The SMILES string of the molecule is CCCCCCC(C)OC1(CCNC(C)(C)C)CCC1. The molecule has 1 rings (SSSR count). The molecule has 0 saturated heterocycles. The molecule has 1 aliphatic carbocycles. The Labute approximate surface area is 127 Å². The van der Waals surface area contributed by atoms with Crippen molar-refractivity contribution < 1.29 is 4.74 Å². The summed E-state index contributed by atoms with van der Waals surface area (Å²) in [5.74, 6) is 0. The predicted molar refractivity (Wildman–Crippen MR) is 88.3 cm³/mol. The van der Waals surface area contributed by atoms with Gasteiger partial charge < -0.3 is 10.1 Å². The monoisotopic (exact) mass is 283 g/mol. The van der Waals surface area contributed by atoms with Crippen LogP contribution in [0.2, 0.25) is 0 Å². The zero-order chi connectivity index (χ0) is 15.1. The van der Waals surface area contributed by atoms with Crippen LogP contribution in [0.1, 0.15) is 92.4 Å². The molecule has 0 aliphatic heterocycles. The molecular weight excluding hydrogens is 246 g/mol. The maximum Gasteiger partial charge on any atom is 0.0698 e. The average molecular weight is 284 g/mol. The summed E-state index contributed by atoms with van der Waals surface area (Å²) in [5, 5.41) is 3.60. The van der Waals surface area contributed by atoms with E-state index in [2.05, 4.69) is 39.9 Å². The molecule has 1 aliphatic rings. The van der Waals surface area contributed by atoms with Crippen LogP contribution >= 0.6 is 0 Å². The average Bonchev–Trinajstić information content (AvgIpc) is 2.30. The van der Waals surface area contributed by atoms with Crippen molar-refractivity contribution in [3.05, 3.63) is 0 Å². The quantitative estimate of drug-likeness (QED) is 0.566. The summed E-state index contributed by atoms with van der Waals surface area (Å²) in [5.41, 5.74) is 0.416. The Morgan fingerprint density at radius 1 is 1.15 bits per heavy atom. The second-order valence-corrected chi connectivity index (χ2v) is 7.74. The predicted octanol–water partition coefficient (Wildman–Crippen LogP) is 5.06. The molecule has 2 nitrogen and oxygen atoms in total. The normalized spacial score (nSPS) is 19.6. The van der Waals surface area contributed by atoms with Gasteiger partial charge in [-0.05, 0) is 66.3 Å². The molecule has 0 spiro atoms. The molecule has 1 unspecified atom stereocenters. The van der Waals surface area contributed by atoms with Gasteiger partial charge in [-0.1, -0.05) is 32.6 Å². The molecule has 1 atom stereocenters. The zero-order valence-corrected chi connectivity index (χ0v) is 14.6. The summed E-state index contributed by atoms with van der Waals surface area (Å²) in [6, 6.07) is 0. The molecule has 20 heavy (non-hydrogen) atoms. The van der Waals surface area contributed by atoms with Crippen LogP contribution in [-0.4, -0.2) is 23.8 Å². The van der Waals surface area contributed by atoms with E-state index in [9.17, 15) is 0 Å². The minimum absolute atomic E-state index is 0.197. The van der Waals surface area contributed by atoms with Crippen LogP contribution in [-0.2, 0) is 4.74 Å². The molecule has 0 bridgehead atoms. The van der Waals surface area contributed by atoms with E-state index < -0.39 is 0 Å². The molecule has 0 aromatic heterocycles. The van der Waals surface area contributed by atoms with Crippen molar-refractivity contribution in [3.8, 4) is 0 Å². The summed E-state index contributed by atoms with van der Waals surface area (Å²) < 4.78 is 6.43. The lowest BCUT2D eigenvalue weighted by Gasteiger charge is -2.44. The maximum atomic E-state index is 6.43. The van der Waals surface area contributed by atoms with E-state index in [1.165, 1.54) is 57.8 Å².